The molecule has 1 heterocycles. The summed E-state index contributed by atoms with van der Waals surface area (Å²) in [7, 11) is 1.35. The van der Waals surface area contributed by atoms with E-state index in [1.54, 1.807) is 6.92 Å². The van der Waals surface area contributed by atoms with Crippen LogP contribution in [-0.4, -0.2) is 37.6 Å². The molecule has 0 bridgehead atoms. The highest BCUT2D eigenvalue weighted by Crippen LogP contribution is 2.18. The second-order valence-electron chi connectivity index (χ2n) is 5.09. The minimum absolute atomic E-state index is 0.00656. The molecule has 5 nitrogen and oxygen atoms in total. The fourth-order valence-corrected chi connectivity index (χ4v) is 2.40. The first kappa shape index (κ1) is 15.0. The van der Waals surface area contributed by atoms with Gasteiger partial charge in [-0.3, -0.25) is 4.79 Å². The Labute approximate surface area is 109 Å². The molecule has 0 saturated carbocycles. The molecular formula is C13H24N2O3. The fraction of sp³-hybridized carbons (Fsp3) is 0.846. The molecule has 2 N–H and O–H groups in total. The Morgan fingerprint density at radius 1 is 1.39 bits per heavy atom. The zero-order valence-electron chi connectivity index (χ0n) is 11.5. The van der Waals surface area contributed by atoms with E-state index in [2.05, 4.69) is 10.6 Å². The smallest absolute Gasteiger partial charge is 0.331 e. The number of methoxy groups -OCH3 is 1. The SMILES string of the molecule is CCCC(C)(NC(=O)C1CCNCC1)C(=O)OC. The predicted octanol–water partition coefficient (Wildman–Crippen LogP) is 0.834. The molecule has 1 unspecified atom stereocenters. The Kier molecular flexibility index (Phi) is 5.59. The van der Waals surface area contributed by atoms with Crippen molar-refractivity contribution in [1.82, 2.24) is 10.6 Å². The standard InChI is InChI=1S/C13H24N2O3/c1-4-7-13(2,12(17)18-3)15-11(16)10-5-8-14-9-6-10/h10,14H,4-9H2,1-3H3,(H,15,16). The number of esters is 1. The monoisotopic (exact) mass is 256 g/mol. The van der Waals surface area contributed by atoms with Crippen molar-refractivity contribution >= 4 is 11.9 Å². The van der Waals surface area contributed by atoms with Crippen molar-refractivity contribution in [1.29, 1.82) is 0 Å². The fourth-order valence-electron chi connectivity index (χ4n) is 2.40. The van der Waals surface area contributed by atoms with Crippen molar-refractivity contribution in [2.45, 2.75) is 45.1 Å². The van der Waals surface area contributed by atoms with E-state index in [-0.39, 0.29) is 17.8 Å². The summed E-state index contributed by atoms with van der Waals surface area (Å²) in [5, 5.41) is 6.09. The highest BCUT2D eigenvalue weighted by Gasteiger charge is 2.36. The highest BCUT2D eigenvalue weighted by atomic mass is 16.5. The van der Waals surface area contributed by atoms with Crippen molar-refractivity contribution < 1.29 is 14.3 Å². The zero-order valence-corrected chi connectivity index (χ0v) is 11.5. The van der Waals surface area contributed by atoms with E-state index in [0.29, 0.717) is 6.42 Å². The van der Waals surface area contributed by atoms with Gasteiger partial charge in [0, 0.05) is 5.92 Å². The van der Waals surface area contributed by atoms with Crippen molar-refractivity contribution in [3.8, 4) is 0 Å². The maximum Gasteiger partial charge on any atom is 0.331 e. The maximum absolute atomic E-state index is 12.2. The zero-order chi connectivity index (χ0) is 13.6. The normalized spacial score (nSPS) is 19.9. The van der Waals surface area contributed by atoms with Crippen LogP contribution in [0, 0.1) is 5.92 Å². The molecule has 1 aliphatic heterocycles. The third-order valence-electron chi connectivity index (χ3n) is 3.49. The van der Waals surface area contributed by atoms with Gasteiger partial charge in [0.05, 0.1) is 7.11 Å². The molecule has 0 radical (unpaired) electrons. The summed E-state index contributed by atoms with van der Waals surface area (Å²) in [6.45, 7) is 5.45. The van der Waals surface area contributed by atoms with Crippen LogP contribution in [-0.2, 0) is 14.3 Å². The van der Waals surface area contributed by atoms with E-state index >= 15 is 0 Å². The number of rotatable bonds is 5. The molecule has 1 amide bonds. The lowest BCUT2D eigenvalue weighted by atomic mass is 9.92. The van der Waals surface area contributed by atoms with Gasteiger partial charge >= 0.3 is 5.97 Å². The predicted molar refractivity (Wildman–Crippen MR) is 69.1 cm³/mol. The van der Waals surface area contributed by atoms with Crippen LogP contribution in [0.2, 0.25) is 0 Å². The van der Waals surface area contributed by atoms with Crippen LogP contribution in [0.1, 0.15) is 39.5 Å². The van der Waals surface area contributed by atoms with Gasteiger partial charge in [-0.05, 0) is 39.3 Å². The minimum atomic E-state index is -0.897. The quantitative estimate of drug-likeness (QED) is 0.715. The maximum atomic E-state index is 12.2. The summed E-state index contributed by atoms with van der Waals surface area (Å²) in [6.07, 6.45) is 3.07. The summed E-state index contributed by atoms with van der Waals surface area (Å²) >= 11 is 0. The van der Waals surface area contributed by atoms with E-state index < -0.39 is 5.54 Å². The molecule has 104 valence electrons. The molecule has 0 aromatic rings. The number of carbonyl (C=O) groups excluding carboxylic acids is 2. The molecular weight excluding hydrogens is 232 g/mol. The first-order valence-corrected chi connectivity index (χ1v) is 6.64. The van der Waals surface area contributed by atoms with Gasteiger partial charge < -0.3 is 15.4 Å². The van der Waals surface area contributed by atoms with Gasteiger partial charge in [-0.2, -0.15) is 0 Å². The first-order chi connectivity index (χ1) is 8.53. The van der Waals surface area contributed by atoms with Gasteiger partial charge in [0.25, 0.3) is 0 Å². The number of ether oxygens (including phenoxy) is 1. The van der Waals surface area contributed by atoms with Crippen LogP contribution < -0.4 is 10.6 Å². The molecule has 0 spiro atoms. The average molecular weight is 256 g/mol. The molecule has 1 aliphatic rings. The topological polar surface area (TPSA) is 67.4 Å². The van der Waals surface area contributed by atoms with E-state index in [0.717, 1.165) is 32.4 Å². The Balaban J connectivity index is 2.64. The van der Waals surface area contributed by atoms with Crippen LogP contribution in [0.25, 0.3) is 0 Å². The van der Waals surface area contributed by atoms with Gasteiger partial charge in [-0.15, -0.1) is 0 Å². The molecule has 18 heavy (non-hydrogen) atoms. The van der Waals surface area contributed by atoms with Crippen LogP contribution >= 0.6 is 0 Å². The van der Waals surface area contributed by atoms with Crippen molar-refractivity contribution in [3.63, 3.8) is 0 Å². The number of amides is 1. The number of hydrogen-bond donors (Lipinski definition) is 2. The molecule has 5 heteroatoms. The largest absolute Gasteiger partial charge is 0.467 e. The van der Waals surface area contributed by atoms with E-state index in [4.69, 9.17) is 4.74 Å². The van der Waals surface area contributed by atoms with Crippen molar-refractivity contribution in [2.24, 2.45) is 5.92 Å². The molecule has 0 aromatic carbocycles. The Morgan fingerprint density at radius 2 is 2.00 bits per heavy atom. The highest BCUT2D eigenvalue weighted by molar-refractivity contribution is 5.88. The molecule has 1 atom stereocenters. The van der Waals surface area contributed by atoms with Crippen molar-refractivity contribution in [2.75, 3.05) is 20.2 Å². The summed E-state index contributed by atoms with van der Waals surface area (Å²) in [4.78, 5) is 24.0. The lowest BCUT2D eigenvalue weighted by Gasteiger charge is -2.31. The summed E-state index contributed by atoms with van der Waals surface area (Å²) < 4.78 is 4.79. The van der Waals surface area contributed by atoms with Gasteiger partial charge in [0.15, 0.2) is 0 Å². The van der Waals surface area contributed by atoms with E-state index in [9.17, 15) is 9.59 Å². The average Bonchev–Trinajstić information content (AvgIpc) is 2.39. The van der Waals surface area contributed by atoms with Crippen LogP contribution in [0.5, 0.6) is 0 Å². The first-order valence-electron chi connectivity index (χ1n) is 6.64. The van der Waals surface area contributed by atoms with Gasteiger partial charge in [-0.25, -0.2) is 4.79 Å². The summed E-state index contributed by atoms with van der Waals surface area (Å²) in [5.74, 6) is -0.392. The van der Waals surface area contributed by atoms with Gasteiger partial charge in [0.2, 0.25) is 5.91 Å². The van der Waals surface area contributed by atoms with E-state index in [1.807, 2.05) is 6.92 Å². The number of piperidine rings is 1. The minimum Gasteiger partial charge on any atom is -0.467 e. The summed E-state index contributed by atoms with van der Waals surface area (Å²) in [6, 6.07) is 0. The molecule has 0 aliphatic carbocycles. The molecule has 1 fully saturated rings. The number of nitrogens with one attached hydrogen (secondary N) is 2. The lowest BCUT2D eigenvalue weighted by Crippen LogP contribution is -2.55. The van der Waals surface area contributed by atoms with Crippen LogP contribution in [0.3, 0.4) is 0 Å². The molecule has 1 saturated heterocycles. The second-order valence-corrected chi connectivity index (χ2v) is 5.09. The van der Waals surface area contributed by atoms with Crippen molar-refractivity contribution in [3.05, 3.63) is 0 Å². The van der Waals surface area contributed by atoms with Gasteiger partial charge in [-0.1, -0.05) is 13.3 Å². The number of carbonyl (C=O) groups is 2. The van der Waals surface area contributed by atoms with Gasteiger partial charge in [0.1, 0.15) is 5.54 Å². The van der Waals surface area contributed by atoms with E-state index in [1.165, 1.54) is 7.11 Å². The van der Waals surface area contributed by atoms with Crippen LogP contribution in [0.4, 0.5) is 0 Å². The third kappa shape index (κ3) is 3.70. The lowest BCUT2D eigenvalue weighted by molar-refractivity contribution is -0.151. The third-order valence-corrected chi connectivity index (χ3v) is 3.49. The number of hydrogen-bond acceptors (Lipinski definition) is 4. The van der Waals surface area contributed by atoms with Crippen LogP contribution in [0.15, 0.2) is 0 Å². The Bertz CT molecular complexity index is 301. The Hall–Kier alpha value is -1.10. The molecule has 0 aromatic heterocycles. The second kappa shape index (κ2) is 6.73. The Morgan fingerprint density at radius 3 is 2.50 bits per heavy atom. The summed E-state index contributed by atoms with van der Waals surface area (Å²) in [5.41, 5.74) is -0.897. The molecule has 1 rings (SSSR count).